The SMILES string of the molecule is CC1CCC2C3C1C23. The van der Waals surface area contributed by atoms with Gasteiger partial charge in [-0.1, -0.05) is 13.3 Å². The number of fused-ring (bicyclic) bond motifs is 2. The lowest BCUT2D eigenvalue weighted by molar-refractivity contribution is 0.247. The summed E-state index contributed by atoms with van der Waals surface area (Å²) in [5.41, 5.74) is 0. The molecule has 0 aromatic carbocycles. The summed E-state index contributed by atoms with van der Waals surface area (Å²) in [6, 6.07) is 0. The Morgan fingerprint density at radius 2 is 1.75 bits per heavy atom. The van der Waals surface area contributed by atoms with E-state index in [-0.39, 0.29) is 0 Å². The summed E-state index contributed by atoms with van der Waals surface area (Å²) in [4.78, 5) is 0. The molecule has 0 spiro atoms. The van der Waals surface area contributed by atoms with E-state index in [0.29, 0.717) is 0 Å². The maximum atomic E-state index is 2.44. The first-order valence-electron chi connectivity index (χ1n) is 3.89. The molecule has 0 N–H and O–H groups in total. The molecule has 0 amide bonds. The third kappa shape index (κ3) is 0.240. The fourth-order valence-electron chi connectivity index (χ4n) is 3.03. The molecule has 0 heteroatoms. The normalized spacial score (nSPS) is 73.9. The van der Waals surface area contributed by atoms with Crippen LogP contribution >= 0.6 is 0 Å². The minimum Gasteiger partial charge on any atom is -0.0622 e. The highest BCUT2D eigenvalue weighted by Crippen LogP contribution is 2.80. The van der Waals surface area contributed by atoms with Gasteiger partial charge in [-0.05, 0) is 36.0 Å². The number of rotatable bonds is 0. The van der Waals surface area contributed by atoms with Crippen molar-refractivity contribution in [1.29, 1.82) is 0 Å². The van der Waals surface area contributed by atoms with Crippen LogP contribution in [0.5, 0.6) is 0 Å². The Kier molecular flexibility index (Phi) is 0.427. The fraction of sp³-hybridized carbons (Fsp3) is 1.00. The van der Waals surface area contributed by atoms with Crippen molar-refractivity contribution in [3.8, 4) is 0 Å². The first kappa shape index (κ1) is 3.92. The standard InChI is InChI=1S/C8H12/c1-4-2-3-5-7-6(4)8(5)7/h4-8H,2-3H2,1H3. The van der Waals surface area contributed by atoms with Gasteiger partial charge in [0.15, 0.2) is 0 Å². The van der Waals surface area contributed by atoms with Crippen molar-refractivity contribution < 1.29 is 0 Å². The van der Waals surface area contributed by atoms with Gasteiger partial charge in [-0.25, -0.2) is 0 Å². The van der Waals surface area contributed by atoms with Crippen LogP contribution in [0.4, 0.5) is 0 Å². The Labute approximate surface area is 50.3 Å². The zero-order chi connectivity index (χ0) is 5.30. The average Bonchev–Trinajstić information content (AvgIpc) is 2.48. The predicted octanol–water partition coefficient (Wildman–Crippen LogP) is 1.91. The van der Waals surface area contributed by atoms with Crippen molar-refractivity contribution in [2.24, 2.45) is 29.6 Å². The second kappa shape index (κ2) is 0.872. The molecule has 4 rings (SSSR count). The van der Waals surface area contributed by atoms with Crippen LogP contribution in [0.15, 0.2) is 0 Å². The van der Waals surface area contributed by atoms with Crippen LogP contribution in [0.25, 0.3) is 0 Å². The summed E-state index contributed by atoms with van der Waals surface area (Å²) in [6.07, 6.45) is 3.12. The molecule has 0 aliphatic heterocycles. The first-order chi connectivity index (χ1) is 3.89. The van der Waals surface area contributed by atoms with Crippen molar-refractivity contribution in [3.63, 3.8) is 0 Å². The highest BCUT2D eigenvalue weighted by Gasteiger charge is 2.75. The molecule has 3 atom stereocenters. The van der Waals surface area contributed by atoms with Gasteiger partial charge in [-0.15, -0.1) is 0 Å². The van der Waals surface area contributed by atoms with Gasteiger partial charge in [0.05, 0.1) is 0 Å². The Bertz CT molecular complexity index is 129. The minimum atomic E-state index is 1.11. The monoisotopic (exact) mass is 108 g/mol. The van der Waals surface area contributed by atoms with Crippen molar-refractivity contribution in [1.82, 2.24) is 0 Å². The lowest BCUT2D eigenvalue weighted by Gasteiger charge is -2.25. The van der Waals surface area contributed by atoms with Crippen molar-refractivity contribution in [2.45, 2.75) is 19.8 Å². The van der Waals surface area contributed by atoms with E-state index in [0.717, 1.165) is 5.92 Å². The fourth-order valence-corrected chi connectivity index (χ4v) is 3.03. The molecule has 0 nitrogen and oxygen atoms in total. The Balaban J connectivity index is 1.89. The molecule has 0 saturated heterocycles. The average molecular weight is 108 g/mol. The minimum absolute atomic E-state index is 1.11. The molecule has 0 heterocycles. The molecular weight excluding hydrogens is 96.1 g/mol. The Morgan fingerprint density at radius 3 is 2.12 bits per heavy atom. The van der Waals surface area contributed by atoms with Gasteiger partial charge in [-0.2, -0.15) is 0 Å². The second-order valence-electron chi connectivity index (χ2n) is 3.95. The molecule has 0 aromatic heterocycles. The summed E-state index contributed by atoms with van der Waals surface area (Å²) in [5.74, 6) is 6.11. The smallest absolute Gasteiger partial charge is 0.0315 e. The molecule has 4 aliphatic rings. The van der Waals surface area contributed by atoms with Crippen LogP contribution in [0.1, 0.15) is 19.8 Å². The highest BCUT2D eigenvalue weighted by molar-refractivity contribution is 5.22. The van der Waals surface area contributed by atoms with E-state index in [1.165, 1.54) is 23.7 Å². The summed E-state index contributed by atoms with van der Waals surface area (Å²) >= 11 is 0. The van der Waals surface area contributed by atoms with Crippen LogP contribution in [0.2, 0.25) is 0 Å². The van der Waals surface area contributed by atoms with Crippen LogP contribution in [0, 0.1) is 29.6 Å². The quantitative estimate of drug-likeness (QED) is 0.444. The molecule has 44 valence electrons. The van der Waals surface area contributed by atoms with Gasteiger partial charge in [0.25, 0.3) is 0 Å². The van der Waals surface area contributed by atoms with Crippen LogP contribution in [-0.2, 0) is 0 Å². The molecular formula is C8H12. The maximum absolute atomic E-state index is 2.44. The summed E-state index contributed by atoms with van der Waals surface area (Å²) in [5, 5.41) is 0. The van der Waals surface area contributed by atoms with Crippen LogP contribution in [0.3, 0.4) is 0 Å². The van der Waals surface area contributed by atoms with Crippen molar-refractivity contribution in [3.05, 3.63) is 0 Å². The predicted molar refractivity (Wildman–Crippen MR) is 32.4 cm³/mol. The third-order valence-electron chi connectivity index (χ3n) is 3.65. The van der Waals surface area contributed by atoms with E-state index in [9.17, 15) is 0 Å². The zero-order valence-electron chi connectivity index (χ0n) is 5.30. The van der Waals surface area contributed by atoms with E-state index < -0.39 is 0 Å². The molecule has 8 heavy (non-hydrogen) atoms. The lowest BCUT2D eigenvalue weighted by atomic mass is 9.80. The van der Waals surface area contributed by atoms with Gasteiger partial charge in [0.1, 0.15) is 0 Å². The molecule has 4 saturated carbocycles. The molecule has 3 unspecified atom stereocenters. The van der Waals surface area contributed by atoms with E-state index in [4.69, 9.17) is 0 Å². The van der Waals surface area contributed by atoms with E-state index in [1.807, 2.05) is 0 Å². The summed E-state index contributed by atoms with van der Waals surface area (Å²) in [7, 11) is 0. The lowest BCUT2D eigenvalue weighted by Crippen LogP contribution is -2.17. The molecule has 4 aliphatic carbocycles. The topological polar surface area (TPSA) is 0 Å². The highest BCUT2D eigenvalue weighted by atomic mass is 14.8. The third-order valence-corrected chi connectivity index (χ3v) is 3.65. The molecule has 4 fully saturated rings. The van der Waals surface area contributed by atoms with Gasteiger partial charge >= 0.3 is 0 Å². The Morgan fingerprint density at radius 1 is 1.00 bits per heavy atom. The maximum Gasteiger partial charge on any atom is -0.0315 e. The molecule has 0 radical (unpaired) electrons. The van der Waals surface area contributed by atoms with E-state index in [2.05, 4.69) is 6.92 Å². The number of hydrogen-bond donors (Lipinski definition) is 0. The second-order valence-corrected chi connectivity index (χ2v) is 3.95. The summed E-state index contributed by atoms with van der Waals surface area (Å²) in [6.45, 7) is 2.44. The first-order valence-corrected chi connectivity index (χ1v) is 3.89. The largest absolute Gasteiger partial charge is 0.0622 e. The van der Waals surface area contributed by atoms with Crippen molar-refractivity contribution >= 4 is 0 Å². The summed E-state index contributed by atoms with van der Waals surface area (Å²) < 4.78 is 0. The van der Waals surface area contributed by atoms with Gasteiger partial charge in [-0.3, -0.25) is 0 Å². The zero-order valence-corrected chi connectivity index (χ0v) is 5.30. The van der Waals surface area contributed by atoms with Crippen LogP contribution in [-0.4, -0.2) is 0 Å². The van der Waals surface area contributed by atoms with Gasteiger partial charge in [0.2, 0.25) is 0 Å². The molecule has 0 aromatic rings. The van der Waals surface area contributed by atoms with Crippen molar-refractivity contribution in [2.75, 3.05) is 0 Å². The van der Waals surface area contributed by atoms with E-state index >= 15 is 0 Å². The van der Waals surface area contributed by atoms with Gasteiger partial charge in [0, 0.05) is 0 Å². The van der Waals surface area contributed by atoms with E-state index in [1.54, 1.807) is 12.8 Å². The number of hydrogen-bond acceptors (Lipinski definition) is 0. The Hall–Kier alpha value is 0. The van der Waals surface area contributed by atoms with Gasteiger partial charge < -0.3 is 0 Å². The van der Waals surface area contributed by atoms with Crippen LogP contribution < -0.4 is 0 Å². The molecule has 2 bridgehead atoms.